The largest absolute Gasteiger partial charge is 0.329 e. The van der Waals surface area contributed by atoms with Crippen LogP contribution in [-0.4, -0.2) is 33.6 Å². The molecular formula is C9H10N4O2. The van der Waals surface area contributed by atoms with Gasteiger partial charge < -0.3 is 5.32 Å². The van der Waals surface area contributed by atoms with Crippen LogP contribution in [0.5, 0.6) is 0 Å². The first kappa shape index (κ1) is 9.57. The molecule has 0 bridgehead atoms. The van der Waals surface area contributed by atoms with Crippen LogP contribution in [-0.2, 0) is 4.79 Å². The monoisotopic (exact) mass is 206 g/mol. The van der Waals surface area contributed by atoms with Gasteiger partial charge in [-0.3, -0.25) is 9.69 Å². The lowest BCUT2D eigenvalue weighted by molar-refractivity contribution is -0.126. The normalized spacial score (nSPS) is 17.8. The molecule has 0 saturated carbocycles. The van der Waals surface area contributed by atoms with Gasteiger partial charge in [-0.15, -0.1) is 0 Å². The number of aromatic nitrogens is 2. The minimum atomic E-state index is -0.381. The van der Waals surface area contributed by atoms with E-state index in [1.54, 1.807) is 25.3 Å². The number of nitrogens with one attached hydrogen (secondary N) is 1. The zero-order valence-electron chi connectivity index (χ0n) is 8.17. The topological polar surface area (TPSA) is 75.2 Å². The van der Waals surface area contributed by atoms with Crippen LogP contribution in [0.3, 0.4) is 0 Å². The lowest BCUT2D eigenvalue weighted by Crippen LogP contribution is -2.34. The van der Waals surface area contributed by atoms with Gasteiger partial charge in [0.1, 0.15) is 0 Å². The number of hydrogen-bond acceptors (Lipinski definition) is 4. The Kier molecular flexibility index (Phi) is 2.32. The van der Waals surface area contributed by atoms with Gasteiger partial charge in [0.05, 0.1) is 18.3 Å². The molecule has 1 atom stereocenters. The Labute approximate surface area is 86.3 Å². The van der Waals surface area contributed by atoms with Crippen molar-refractivity contribution in [3.63, 3.8) is 0 Å². The standard InChI is InChI=1S/C9H10N4O2/c1-6(7-3-2-4-11-12-7)13-8(14)5-10-9(13)15/h2-4,6H,5H2,1H3,(H,10,15). The lowest BCUT2D eigenvalue weighted by Gasteiger charge is -2.19. The molecule has 0 spiro atoms. The van der Waals surface area contributed by atoms with Gasteiger partial charge in [0.2, 0.25) is 0 Å². The highest BCUT2D eigenvalue weighted by molar-refractivity contribution is 6.02. The van der Waals surface area contributed by atoms with Gasteiger partial charge in [-0.05, 0) is 19.1 Å². The van der Waals surface area contributed by atoms with Gasteiger partial charge in [0.15, 0.2) is 0 Å². The summed E-state index contributed by atoms with van der Waals surface area (Å²) in [6, 6.07) is 2.69. The molecule has 0 aliphatic carbocycles. The highest BCUT2D eigenvalue weighted by Crippen LogP contribution is 2.19. The fraction of sp³-hybridized carbons (Fsp3) is 0.333. The number of imide groups is 1. The van der Waals surface area contributed by atoms with Crippen molar-refractivity contribution in [3.8, 4) is 0 Å². The van der Waals surface area contributed by atoms with E-state index in [9.17, 15) is 9.59 Å². The summed E-state index contributed by atoms with van der Waals surface area (Å²) < 4.78 is 0. The smallest absolute Gasteiger partial charge is 0.325 e. The average Bonchev–Trinajstić information content (AvgIpc) is 2.59. The summed E-state index contributed by atoms with van der Waals surface area (Å²) in [6.07, 6.45) is 1.54. The SMILES string of the molecule is CC(c1cccnn1)N1C(=O)CNC1=O. The molecule has 2 heterocycles. The maximum atomic E-state index is 11.4. The Morgan fingerprint density at radius 3 is 2.87 bits per heavy atom. The molecule has 1 N–H and O–H groups in total. The summed E-state index contributed by atoms with van der Waals surface area (Å²) >= 11 is 0. The van der Waals surface area contributed by atoms with E-state index < -0.39 is 0 Å². The van der Waals surface area contributed by atoms with Crippen molar-refractivity contribution in [2.75, 3.05) is 6.54 Å². The molecule has 3 amide bonds. The van der Waals surface area contributed by atoms with Crippen molar-refractivity contribution in [2.45, 2.75) is 13.0 Å². The summed E-state index contributed by atoms with van der Waals surface area (Å²) in [4.78, 5) is 23.9. The van der Waals surface area contributed by atoms with E-state index in [0.717, 1.165) is 4.90 Å². The summed E-state index contributed by atoms with van der Waals surface area (Å²) in [5.74, 6) is -0.238. The van der Waals surface area contributed by atoms with E-state index in [4.69, 9.17) is 0 Å². The van der Waals surface area contributed by atoms with Crippen molar-refractivity contribution in [1.29, 1.82) is 0 Å². The summed E-state index contributed by atoms with van der Waals surface area (Å²) in [5.41, 5.74) is 0.600. The summed E-state index contributed by atoms with van der Waals surface area (Å²) in [5, 5.41) is 10.0. The van der Waals surface area contributed by atoms with E-state index in [0.29, 0.717) is 5.69 Å². The predicted molar refractivity (Wildman–Crippen MR) is 50.7 cm³/mol. The Hall–Kier alpha value is -1.98. The first-order chi connectivity index (χ1) is 7.20. The third-order valence-corrected chi connectivity index (χ3v) is 2.29. The van der Waals surface area contributed by atoms with Gasteiger partial charge >= 0.3 is 6.03 Å². The van der Waals surface area contributed by atoms with E-state index in [2.05, 4.69) is 15.5 Å². The first-order valence-electron chi connectivity index (χ1n) is 4.57. The van der Waals surface area contributed by atoms with Crippen LogP contribution in [0.1, 0.15) is 18.7 Å². The highest BCUT2D eigenvalue weighted by Gasteiger charge is 2.33. The predicted octanol–water partition coefficient (Wildman–Crippen LogP) is 0.0894. The minimum Gasteiger partial charge on any atom is -0.329 e. The van der Waals surface area contributed by atoms with Gasteiger partial charge in [-0.1, -0.05) is 0 Å². The van der Waals surface area contributed by atoms with Gasteiger partial charge in [0, 0.05) is 6.20 Å². The van der Waals surface area contributed by atoms with Crippen LogP contribution in [0.2, 0.25) is 0 Å². The zero-order chi connectivity index (χ0) is 10.8. The molecule has 78 valence electrons. The maximum absolute atomic E-state index is 11.4. The van der Waals surface area contributed by atoms with Crippen molar-refractivity contribution >= 4 is 11.9 Å². The summed E-state index contributed by atoms with van der Waals surface area (Å²) in [6.45, 7) is 1.80. The zero-order valence-corrected chi connectivity index (χ0v) is 8.17. The number of carbonyl (C=O) groups is 2. The first-order valence-corrected chi connectivity index (χ1v) is 4.57. The minimum absolute atomic E-state index is 0.0590. The molecule has 1 aromatic heterocycles. The molecule has 0 aromatic carbocycles. The van der Waals surface area contributed by atoms with Gasteiger partial charge in [-0.2, -0.15) is 10.2 Å². The molecule has 6 nitrogen and oxygen atoms in total. The second-order valence-electron chi connectivity index (χ2n) is 3.25. The number of amides is 3. The Balaban J connectivity index is 2.24. The quantitative estimate of drug-likeness (QED) is 0.696. The number of nitrogens with zero attached hydrogens (tertiary/aromatic N) is 3. The van der Waals surface area contributed by atoms with E-state index in [1.807, 2.05) is 0 Å². The van der Waals surface area contributed by atoms with Gasteiger partial charge in [-0.25, -0.2) is 4.79 Å². The van der Waals surface area contributed by atoms with Crippen LogP contribution in [0.25, 0.3) is 0 Å². The molecule has 1 aromatic rings. The van der Waals surface area contributed by atoms with Crippen LogP contribution in [0.4, 0.5) is 4.79 Å². The fourth-order valence-corrected chi connectivity index (χ4v) is 1.50. The molecule has 1 unspecified atom stereocenters. The van der Waals surface area contributed by atoms with Crippen molar-refractivity contribution in [3.05, 3.63) is 24.0 Å². The van der Waals surface area contributed by atoms with Crippen molar-refractivity contribution in [2.24, 2.45) is 0 Å². The van der Waals surface area contributed by atoms with Crippen LogP contribution in [0.15, 0.2) is 18.3 Å². The van der Waals surface area contributed by atoms with E-state index >= 15 is 0 Å². The van der Waals surface area contributed by atoms with Crippen molar-refractivity contribution in [1.82, 2.24) is 20.4 Å². The summed E-state index contributed by atoms with van der Waals surface area (Å²) in [7, 11) is 0. The highest BCUT2D eigenvalue weighted by atomic mass is 16.2. The number of hydrogen-bond donors (Lipinski definition) is 1. The van der Waals surface area contributed by atoms with E-state index in [1.165, 1.54) is 0 Å². The molecule has 1 aliphatic rings. The third kappa shape index (κ3) is 1.65. The fourth-order valence-electron chi connectivity index (χ4n) is 1.50. The molecule has 1 saturated heterocycles. The molecule has 6 heteroatoms. The van der Waals surface area contributed by atoms with Crippen LogP contribution in [0, 0.1) is 0 Å². The average molecular weight is 206 g/mol. The molecule has 15 heavy (non-hydrogen) atoms. The Morgan fingerprint density at radius 2 is 2.33 bits per heavy atom. The van der Waals surface area contributed by atoms with Gasteiger partial charge in [0.25, 0.3) is 5.91 Å². The molecule has 0 radical (unpaired) electrons. The van der Waals surface area contributed by atoms with Crippen LogP contribution < -0.4 is 5.32 Å². The molecular weight excluding hydrogens is 196 g/mol. The van der Waals surface area contributed by atoms with E-state index in [-0.39, 0.29) is 24.5 Å². The molecule has 1 aliphatic heterocycles. The number of urea groups is 1. The maximum Gasteiger partial charge on any atom is 0.325 e. The molecule has 1 fully saturated rings. The molecule has 2 rings (SSSR count). The Bertz CT molecular complexity index is 376. The second-order valence-corrected chi connectivity index (χ2v) is 3.25. The van der Waals surface area contributed by atoms with Crippen molar-refractivity contribution < 1.29 is 9.59 Å². The number of rotatable bonds is 2. The van der Waals surface area contributed by atoms with Crippen LogP contribution >= 0.6 is 0 Å². The lowest BCUT2D eigenvalue weighted by atomic mass is 10.2. The Morgan fingerprint density at radius 1 is 1.53 bits per heavy atom. The number of carbonyl (C=O) groups excluding carboxylic acids is 2. The second kappa shape index (κ2) is 3.64. The third-order valence-electron chi connectivity index (χ3n) is 2.29.